The molecule has 0 fully saturated rings. The van der Waals surface area contributed by atoms with Crippen molar-refractivity contribution in [3.63, 3.8) is 0 Å². The molecule has 0 saturated carbocycles. The van der Waals surface area contributed by atoms with Gasteiger partial charge in [0.2, 0.25) is 0 Å². The maximum absolute atomic E-state index is 11.2. The summed E-state index contributed by atoms with van der Waals surface area (Å²) < 4.78 is 0. The van der Waals surface area contributed by atoms with Crippen LogP contribution in [0.3, 0.4) is 0 Å². The summed E-state index contributed by atoms with van der Waals surface area (Å²) in [5, 5.41) is 12.9. The summed E-state index contributed by atoms with van der Waals surface area (Å²) in [6.45, 7) is 1.67. The number of amides is 1. The van der Waals surface area contributed by atoms with Crippen LogP contribution in [-0.2, 0) is 0 Å². The van der Waals surface area contributed by atoms with Crippen molar-refractivity contribution in [3.8, 4) is 0 Å². The molecular weight excluding hydrogens is 176 g/mol. The number of hydrogen-bond acceptors (Lipinski definition) is 4. The highest BCUT2D eigenvalue weighted by Crippen LogP contribution is 2.00. The van der Waals surface area contributed by atoms with Crippen molar-refractivity contribution in [1.82, 2.24) is 10.3 Å². The fraction of sp³-hybridized carbons (Fsp3) is 0.429. The van der Waals surface area contributed by atoms with Gasteiger partial charge in [0.05, 0.1) is 12.1 Å². The van der Waals surface area contributed by atoms with Crippen molar-refractivity contribution in [2.24, 2.45) is 0 Å². The maximum Gasteiger partial charge on any atom is 0.271 e. The van der Waals surface area contributed by atoms with Crippen LogP contribution in [-0.4, -0.2) is 28.6 Å². The minimum atomic E-state index is -0.238. The quantitative estimate of drug-likeness (QED) is 0.711. The van der Waals surface area contributed by atoms with Crippen molar-refractivity contribution < 1.29 is 9.90 Å². The molecule has 12 heavy (non-hydrogen) atoms. The van der Waals surface area contributed by atoms with Crippen molar-refractivity contribution >= 4 is 17.2 Å². The molecule has 66 valence electrons. The first kappa shape index (κ1) is 9.15. The number of carbonyl (C=O) groups excluding carboxylic acids is 1. The second kappa shape index (κ2) is 4.18. The molecule has 0 unspecified atom stereocenters. The van der Waals surface area contributed by atoms with Crippen LogP contribution in [0.5, 0.6) is 0 Å². The average molecular weight is 186 g/mol. The largest absolute Gasteiger partial charge is 0.394 e. The van der Waals surface area contributed by atoms with Crippen LogP contribution in [0.25, 0.3) is 0 Å². The highest BCUT2D eigenvalue weighted by Gasteiger charge is 2.09. The minimum Gasteiger partial charge on any atom is -0.394 e. The van der Waals surface area contributed by atoms with Gasteiger partial charge in [-0.25, -0.2) is 4.98 Å². The number of thiazole rings is 1. The van der Waals surface area contributed by atoms with Crippen LogP contribution in [0, 0.1) is 0 Å². The summed E-state index contributed by atoms with van der Waals surface area (Å²) in [6.07, 6.45) is 0. The van der Waals surface area contributed by atoms with Gasteiger partial charge in [0, 0.05) is 11.4 Å². The lowest BCUT2D eigenvalue weighted by molar-refractivity contribution is 0.0918. The Morgan fingerprint density at radius 3 is 3.17 bits per heavy atom. The maximum atomic E-state index is 11.2. The van der Waals surface area contributed by atoms with Gasteiger partial charge in [-0.15, -0.1) is 11.3 Å². The Hall–Kier alpha value is -0.940. The first-order chi connectivity index (χ1) is 5.74. The molecule has 0 spiro atoms. The smallest absolute Gasteiger partial charge is 0.271 e. The van der Waals surface area contributed by atoms with Crippen molar-refractivity contribution in [1.29, 1.82) is 0 Å². The lowest BCUT2D eigenvalue weighted by Crippen LogP contribution is -2.35. The molecule has 4 nitrogen and oxygen atoms in total. The molecule has 0 bridgehead atoms. The number of carbonyl (C=O) groups is 1. The topological polar surface area (TPSA) is 62.2 Å². The molecule has 5 heteroatoms. The van der Waals surface area contributed by atoms with Crippen LogP contribution in [0.2, 0.25) is 0 Å². The third-order valence-electron chi connectivity index (χ3n) is 1.32. The SMILES string of the molecule is C[C@H](CO)NC(=O)c1cscn1. The Labute approximate surface area is 74.3 Å². The summed E-state index contributed by atoms with van der Waals surface area (Å²) in [5.74, 6) is -0.238. The van der Waals surface area contributed by atoms with Gasteiger partial charge < -0.3 is 10.4 Å². The van der Waals surface area contributed by atoms with E-state index < -0.39 is 0 Å². The van der Waals surface area contributed by atoms with Crippen molar-refractivity contribution in [3.05, 3.63) is 16.6 Å². The van der Waals surface area contributed by atoms with Crippen LogP contribution in [0.4, 0.5) is 0 Å². The van der Waals surface area contributed by atoms with E-state index in [4.69, 9.17) is 5.11 Å². The van der Waals surface area contributed by atoms with E-state index in [0.29, 0.717) is 5.69 Å². The number of aliphatic hydroxyl groups is 1. The van der Waals surface area contributed by atoms with Gasteiger partial charge in [0.1, 0.15) is 5.69 Å². The van der Waals surface area contributed by atoms with Gasteiger partial charge in [0.15, 0.2) is 0 Å². The van der Waals surface area contributed by atoms with E-state index in [0.717, 1.165) is 0 Å². The van der Waals surface area contributed by atoms with Gasteiger partial charge in [0.25, 0.3) is 5.91 Å². The Morgan fingerprint density at radius 2 is 2.67 bits per heavy atom. The molecule has 0 saturated heterocycles. The zero-order valence-electron chi connectivity index (χ0n) is 6.65. The summed E-state index contributed by atoms with van der Waals surface area (Å²) in [7, 11) is 0. The number of hydrogen-bond donors (Lipinski definition) is 2. The second-order valence-corrected chi connectivity index (χ2v) is 3.15. The van der Waals surface area contributed by atoms with E-state index in [9.17, 15) is 4.79 Å². The van der Waals surface area contributed by atoms with E-state index >= 15 is 0 Å². The number of aliphatic hydroxyl groups excluding tert-OH is 1. The molecule has 1 aromatic heterocycles. The van der Waals surface area contributed by atoms with E-state index in [2.05, 4.69) is 10.3 Å². The Bertz CT molecular complexity index is 248. The summed E-state index contributed by atoms with van der Waals surface area (Å²) in [6, 6.07) is -0.223. The van der Waals surface area contributed by atoms with Gasteiger partial charge in [-0.3, -0.25) is 4.79 Å². The monoisotopic (exact) mass is 186 g/mol. The average Bonchev–Trinajstić information content (AvgIpc) is 2.56. The molecular formula is C7H10N2O2S. The zero-order valence-corrected chi connectivity index (χ0v) is 7.47. The van der Waals surface area contributed by atoms with Gasteiger partial charge in [-0.05, 0) is 6.92 Å². The molecule has 0 aliphatic heterocycles. The minimum absolute atomic E-state index is 0.0596. The van der Waals surface area contributed by atoms with E-state index in [1.165, 1.54) is 11.3 Å². The number of rotatable bonds is 3. The third kappa shape index (κ3) is 2.28. The highest BCUT2D eigenvalue weighted by molar-refractivity contribution is 7.07. The summed E-state index contributed by atoms with van der Waals surface area (Å²) in [4.78, 5) is 15.0. The third-order valence-corrected chi connectivity index (χ3v) is 1.90. The number of aromatic nitrogens is 1. The lowest BCUT2D eigenvalue weighted by Gasteiger charge is -2.08. The highest BCUT2D eigenvalue weighted by atomic mass is 32.1. The van der Waals surface area contributed by atoms with Crippen molar-refractivity contribution in [2.45, 2.75) is 13.0 Å². The molecule has 1 amide bonds. The molecule has 0 aliphatic carbocycles. The number of nitrogens with zero attached hydrogens (tertiary/aromatic N) is 1. The molecule has 1 atom stereocenters. The zero-order chi connectivity index (χ0) is 8.97. The summed E-state index contributed by atoms with van der Waals surface area (Å²) >= 11 is 1.37. The molecule has 1 aromatic rings. The van der Waals surface area contributed by atoms with E-state index in [1.54, 1.807) is 17.8 Å². The number of nitrogens with one attached hydrogen (secondary N) is 1. The van der Waals surface area contributed by atoms with Crippen molar-refractivity contribution in [2.75, 3.05) is 6.61 Å². The van der Waals surface area contributed by atoms with E-state index in [1.807, 2.05) is 0 Å². The molecule has 1 rings (SSSR count). The van der Waals surface area contributed by atoms with Crippen LogP contribution in [0.15, 0.2) is 10.9 Å². The van der Waals surface area contributed by atoms with E-state index in [-0.39, 0.29) is 18.6 Å². The Balaban J connectivity index is 2.50. The Morgan fingerprint density at radius 1 is 1.92 bits per heavy atom. The van der Waals surface area contributed by atoms with Crippen LogP contribution in [0.1, 0.15) is 17.4 Å². The molecule has 2 N–H and O–H groups in total. The predicted molar refractivity (Wildman–Crippen MR) is 46.1 cm³/mol. The molecule has 0 aliphatic rings. The second-order valence-electron chi connectivity index (χ2n) is 2.43. The fourth-order valence-electron chi connectivity index (χ4n) is 0.668. The van der Waals surface area contributed by atoms with Crippen LogP contribution < -0.4 is 5.32 Å². The first-order valence-electron chi connectivity index (χ1n) is 3.54. The Kier molecular flexibility index (Phi) is 3.19. The molecule has 0 radical (unpaired) electrons. The molecule has 0 aromatic carbocycles. The van der Waals surface area contributed by atoms with Gasteiger partial charge in [-0.1, -0.05) is 0 Å². The lowest BCUT2D eigenvalue weighted by atomic mass is 10.3. The fourth-order valence-corrected chi connectivity index (χ4v) is 1.20. The van der Waals surface area contributed by atoms with Crippen LogP contribution >= 0.6 is 11.3 Å². The summed E-state index contributed by atoms with van der Waals surface area (Å²) in [5.41, 5.74) is 2.00. The predicted octanol–water partition coefficient (Wildman–Crippen LogP) is 0.254. The van der Waals surface area contributed by atoms with Gasteiger partial charge in [-0.2, -0.15) is 0 Å². The first-order valence-corrected chi connectivity index (χ1v) is 4.48. The standard InChI is InChI=1S/C7H10N2O2S/c1-5(2-10)9-7(11)6-3-12-4-8-6/h3-5,10H,2H2,1H3,(H,9,11)/t5-/m1/s1. The normalized spacial score (nSPS) is 12.5. The molecule has 1 heterocycles. The van der Waals surface area contributed by atoms with Gasteiger partial charge >= 0.3 is 0 Å².